The first-order valence-corrected chi connectivity index (χ1v) is 14.0. The van der Waals surface area contributed by atoms with Crippen LogP contribution in [0.5, 0.6) is 0 Å². The van der Waals surface area contributed by atoms with E-state index in [4.69, 9.17) is 29.4 Å². The molecule has 0 aromatic heterocycles. The second-order valence-corrected chi connectivity index (χ2v) is 11.0. The van der Waals surface area contributed by atoms with Gasteiger partial charge in [-0.1, -0.05) is 26.8 Å². The summed E-state index contributed by atoms with van der Waals surface area (Å²) in [6.45, 7) is 7.45. The minimum atomic E-state index is -0.922. The lowest BCUT2D eigenvalue weighted by atomic mass is 9.84. The Kier molecular flexibility index (Phi) is 13.4. The van der Waals surface area contributed by atoms with E-state index in [2.05, 4.69) is 5.32 Å². The zero-order chi connectivity index (χ0) is 30.9. The lowest BCUT2D eigenvalue weighted by Crippen LogP contribution is -2.41. The van der Waals surface area contributed by atoms with Crippen LogP contribution in [0.15, 0.2) is 35.1 Å². The predicted octanol–water partition coefficient (Wildman–Crippen LogP) is 3.02. The van der Waals surface area contributed by atoms with Gasteiger partial charge in [0, 0.05) is 51.9 Å². The van der Waals surface area contributed by atoms with Crippen LogP contribution in [-0.4, -0.2) is 82.5 Å². The minimum Gasteiger partial charge on any atom is -0.439 e. The Hall–Kier alpha value is -2.86. The third kappa shape index (κ3) is 9.06. The number of allylic oxidation sites excluding steroid dienone is 3. The van der Waals surface area contributed by atoms with Crippen LogP contribution in [0.3, 0.4) is 0 Å². The molecule has 11 heteroatoms. The van der Waals surface area contributed by atoms with Crippen molar-refractivity contribution in [2.75, 3.05) is 28.4 Å². The molecule has 230 valence electrons. The second-order valence-electron chi connectivity index (χ2n) is 11.0. The fourth-order valence-corrected chi connectivity index (χ4v) is 5.75. The molecule has 8 atom stereocenters. The van der Waals surface area contributed by atoms with Gasteiger partial charge in [-0.3, -0.25) is 14.4 Å². The first-order chi connectivity index (χ1) is 19.4. The molecule has 0 radical (unpaired) electrons. The summed E-state index contributed by atoms with van der Waals surface area (Å²) in [5, 5.41) is 2.65. The normalized spacial score (nSPS) is 34.1. The van der Waals surface area contributed by atoms with E-state index in [9.17, 15) is 19.2 Å². The van der Waals surface area contributed by atoms with E-state index in [0.717, 1.165) is 11.6 Å². The summed E-state index contributed by atoms with van der Waals surface area (Å²) >= 11 is 0. The standard InChI is InChI=1S/C30H46N2O9/c1-16-10-9-11-23(37-5)28(41-30(31)36)18(3)12-17(2)27(40-8)24(38-6)13-19(4)26(39-7)21-14-20(33)15-22(25(21)34)32-29(16)35/h12,14-17,19,23-24,26-28H,9-11,13H2,1-8H3,(H2,31,36)(H,32,35)/b18-12+/t16?,17-,19-,23-,24-,26+,27+,28-/m0/s1. The van der Waals surface area contributed by atoms with Crippen LogP contribution in [0.1, 0.15) is 53.4 Å². The first-order valence-electron chi connectivity index (χ1n) is 14.0. The van der Waals surface area contributed by atoms with Gasteiger partial charge in [0.25, 0.3) is 0 Å². The maximum atomic E-state index is 13.4. The van der Waals surface area contributed by atoms with Gasteiger partial charge < -0.3 is 34.7 Å². The number of fused-ring (bicyclic) bond motifs is 2. The van der Waals surface area contributed by atoms with Gasteiger partial charge in [-0.2, -0.15) is 0 Å². The number of rotatable bonds is 5. The zero-order valence-electron chi connectivity index (χ0n) is 25.4. The van der Waals surface area contributed by atoms with Crippen LogP contribution in [0.4, 0.5) is 4.79 Å². The van der Waals surface area contributed by atoms with Crippen molar-refractivity contribution in [1.82, 2.24) is 5.32 Å². The molecule has 0 aromatic carbocycles. The van der Waals surface area contributed by atoms with E-state index >= 15 is 0 Å². The summed E-state index contributed by atoms with van der Waals surface area (Å²) in [4.78, 5) is 50.8. The van der Waals surface area contributed by atoms with E-state index in [1.165, 1.54) is 20.3 Å². The van der Waals surface area contributed by atoms with Crippen molar-refractivity contribution < 1.29 is 42.9 Å². The molecule has 1 aliphatic carbocycles. The number of primary amides is 1. The molecular formula is C30H46N2O9. The van der Waals surface area contributed by atoms with E-state index < -0.39 is 54.1 Å². The maximum Gasteiger partial charge on any atom is 0.405 e. The minimum absolute atomic E-state index is 0.0762. The van der Waals surface area contributed by atoms with Gasteiger partial charge in [-0.15, -0.1) is 0 Å². The third-order valence-corrected chi connectivity index (χ3v) is 7.92. The van der Waals surface area contributed by atoms with E-state index in [1.54, 1.807) is 21.1 Å². The van der Waals surface area contributed by atoms with E-state index in [-0.39, 0.29) is 29.0 Å². The Morgan fingerprint density at radius 2 is 1.56 bits per heavy atom. The molecule has 1 aliphatic heterocycles. The Labute approximate surface area is 242 Å². The fraction of sp³-hybridized carbons (Fsp3) is 0.667. The lowest BCUT2D eigenvalue weighted by molar-refractivity contribution is -0.125. The average molecular weight is 579 g/mol. The quantitative estimate of drug-likeness (QED) is 0.370. The molecule has 2 rings (SSSR count). The number of nitrogens with one attached hydrogen (secondary N) is 1. The summed E-state index contributed by atoms with van der Waals surface area (Å²) in [5.41, 5.74) is 6.25. The summed E-state index contributed by atoms with van der Waals surface area (Å²) < 4.78 is 28.7. The van der Waals surface area contributed by atoms with Crippen molar-refractivity contribution in [1.29, 1.82) is 0 Å². The number of carbonyl (C=O) groups is 4. The SMILES string of the molecule is CO[C@H]1[C@@H](OC)C[C@H](C)[C@@H](OC)C2=CC(=O)C=C(NC(=O)C(C)CCC[C@H](OC)[C@@H](OC(N)=O)/C(C)=C/[C@@H]1C)C2=O. The molecule has 41 heavy (non-hydrogen) atoms. The Morgan fingerprint density at radius 1 is 0.902 bits per heavy atom. The highest BCUT2D eigenvalue weighted by Gasteiger charge is 2.36. The molecule has 2 bridgehead atoms. The molecule has 0 aromatic rings. The summed E-state index contributed by atoms with van der Waals surface area (Å²) in [5.74, 6) is -2.19. The lowest BCUT2D eigenvalue weighted by Gasteiger charge is -2.34. The van der Waals surface area contributed by atoms with Crippen molar-refractivity contribution in [2.24, 2.45) is 23.5 Å². The number of carbonyl (C=O) groups excluding carboxylic acids is 4. The number of nitrogens with two attached hydrogens (primary N) is 1. The molecular weight excluding hydrogens is 532 g/mol. The van der Waals surface area contributed by atoms with Gasteiger partial charge >= 0.3 is 6.09 Å². The van der Waals surface area contributed by atoms with Crippen LogP contribution < -0.4 is 11.1 Å². The summed E-state index contributed by atoms with van der Waals surface area (Å²) in [6, 6.07) is 0. The van der Waals surface area contributed by atoms with Gasteiger partial charge in [-0.05, 0) is 50.2 Å². The first kappa shape index (κ1) is 34.3. The number of methoxy groups -OCH3 is 4. The highest BCUT2D eigenvalue weighted by Crippen LogP contribution is 2.30. The number of ether oxygens (including phenoxy) is 5. The van der Waals surface area contributed by atoms with Crippen LogP contribution in [0.25, 0.3) is 0 Å². The molecule has 3 N–H and O–H groups in total. The smallest absolute Gasteiger partial charge is 0.405 e. The molecule has 2 aliphatic rings. The highest BCUT2D eigenvalue weighted by atomic mass is 16.6. The molecule has 0 fully saturated rings. The van der Waals surface area contributed by atoms with Gasteiger partial charge in [0.1, 0.15) is 0 Å². The van der Waals surface area contributed by atoms with Crippen LogP contribution in [-0.2, 0) is 38.1 Å². The molecule has 1 unspecified atom stereocenters. The maximum absolute atomic E-state index is 13.4. The molecule has 2 amide bonds. The third-order valence-electron chi connectivity index (χ3n) is 7.92. The van der Waals surface area contributed by atoms with Gasteiger partial charge in [0.2, 0.25) is 11.7 Å². The number of ketones is 2. The monoisotopic (exact) mass is 578 g/mol. The van der Waals surface area contributed by atoms with Crippen molar-refractivity contribution in [3.8, 4) is 0 Å². The van der Waals surface area contributed by atoms with E-state index in [0.29, 0.717) is 25.7 Å². The number of Topliss-reactive ketones (excluding diaryl/α,β-unsaturated/α-hetero) is 1. The molecule has 1 heterocycles. The van der Waals surface area contributed by atoms with Crippen LogP contribution in [0, 0.1) is 17.8 Å². The predicted molar refractivity (Wildman–Crippen MR) is 152 cm³/mol. The Morgan fingerprint density at radius 3 is 2.12 bits per heavy atom. The van der Waals surface area contributed by atoms with E-state index in [1.807, 2.05) is 26.8 Å². The summed E-state index contributed by atoms with van der Waals surface area (Å²) in [7, 11) is 6.17. The molecule has 0 spiro atoms. The molecule has 11 nitrogen and oxygen atoms in total. The van der Waals surface area contributed by atoms with Crippen LogP contribution in [0.2, 0.25) is 0 Å². The highest BCUT2D eigenvalue weighted by molar-refractivity contribution is 6.21. The number of amides is 2. The topological polar surface area (TPSA) is 152 Å². The van der Waals surface area contributed by atoms with Crippen molar-refractivity contribution >= 4 is 23.6 Å². The van der Waals surface area contributed by atoms with Crippen molar-refractivity contribution in [3.05, 3.63) is 35.1 Å². The zero-order valence-corrected chi connectivity index (χ0v) is 25.4. The molecule has 0 saturated heterocycles. The second kappa shape index (κ2) is 16.0. The molecule has 0 saturated carbocycles. The largest absolute Gasteiger partial charge is 0.439 e. The summed E-state index contributed by atoms with van der Waals surface area (Å²) in [6.07, 6.45) is 2.51. The Balaban J connectivity index is 2.55. The van der Waals surface area contributed by atoms with Gasteiger partial charge in [-0.25, -0.2) is 4.79 Å². The number of hydrogen-bond donors (Lipinski definition) is 2. The van der Waals surface area contributed by atoms with Gasteiger partial charge in [0.15, 0.2) is 11.9 Å². The van der Waals surface area contributed by atoms with Gasteiger partial charge in [0.05, 0.1) is 30.1 Å². The van der Waals surface area contributed by atoms with Crippen molar-refractivity contribution in [2.45, 2.75) is 83.9 Å². The van der Waals surface area contributed by atoms with Crippen molar-refractivity contribution in [3.63, 3.8) is 0 Å². The van der Waals surface area contributed by atoms with Crippen LogP contribution >= 0.6 is 0 Å². The fourth-order valence-electron chi connectivity index (χ4n) is 5.75. The number of hydrogen-bond acceptors (Lipinski definition) is 9. The Bertz CT molecular complexity index is 1050. The average Bonchev–Trinajstić information content (AvgIpc) is 2.91.